The third kappa shape index (κ3) is 1.58. The van der Waals surface area contributed by atoms with E-state index in [1.54, 1.807) is 0 Å². The largest absolute Gasteiger partial charge is 0.493 e. The van der Waals surface area contributed by atoms with Crippen LogP contribution in [0, 0.1) is 5.92 Å². The van der Waals surface area contributed by atoms with Crippen molar-refractivity contribution >= 4 is 0 Å². The summed E-state index contributed by atoms with van der Waals surface area (Å²) in [6.07, 6.45) is 5.16. The SMILES string of the molecule is CCC1CCCC1(O)c1cccc2c1OCC2. The molecule has 1 aromatic carbocycles. The summed E-state index contributed by atoms with van der Waals surface area (Å²) >= 11 is 0. The molecule has 17 heavy (non-hydrogen) atoms. The number of hydrogen-bond acceptors (Lipinski definition) is 2. The Morgan fingerprint density at radius 1 is 1.47 bits per heavy atom. The molecule has 0 amide bonds. The fraction of sp³-hybridized carbons (Fsp3) is 0.600. The van der Waals surface area contributed by atoms with Crippen LogP contribution in [0.4, 0.5) is 0 Å². The van der Waals surface area contributed by atoms with Gasteiger partial charge < -0.3 is 9.84 Å². The van der Waals surface area contributed by atoms with Crippen molar-refractivity contribution in [1.82, 2.24) is 0 Å². The first-order chi connectivity index (χ1) is 8.25. The van der Waals surface area contributed by atoms with Crippen molar-refractivity contribution in [3.05, 3.63) is 29.3 Å². The molecule has 2 aliphatic rings. The van der Waals surface area contributed by atoms with Gasteiger partial charge in [-0.25, -0.2) is 0 Å². The van der Waals surface area contributed by atoms with Crippen LogP contribution >= 0.6 is 0 Å². The molecule has 1 aromatic rings. The van der Waals surface area contributed by atoms with Gasteiger partial charge in [0.2, 0.25) is 0 Å². The topological polar surface area (TPSA) is 29.5 Å². The zero-order valence-corrected chi connectivity index (χ0v) is 10.4. The minimum absolute atomic E-state index is 0.387. The summed E-state index contributed by atoms with van der Waals surface area (Å²) in [5.41, 5.74) is 1.65. The Balaban J connectivity index is 2.07. The molecule has 3 rings (SSSR count). The lowest BCUT2D eigenvalue weighted by molar-refractivity contribution is -0.00586. The second-order valence-corrected chi connectivity index (χ2v) is 5.31. The van der Waals surface area contributed by atoms with Gasteiger partial charge in [0.1, 0.15) is 5.75 Å². The molecular formula is C15H20O2. The molecule has 2 unspecified atom stereocenters. The molecule has 1 fully saturated rings. The Hall–Kier alpha value is -1.02. The highest BCUT2D eigenvalue weighted by Crippen LogP contribution is 2.49. The van der Waals surface area contributed by atoms with Crippen molar-refractivity contribution < 1.29 is 9.84 Å². The first-order valence-corrected chi connectivity index (χ1v) is 6.73. The van der Waals surface area contributed by atoms with Gasteiger partial charge in [0.05, 0.1) is 12.2 Å². The summed E-state index contributed by atoms with van der Waals surface area (Å²) in [5, 5.41) is 11.0. The van der Waals surface area contributed by atoms with Crippen molar-refractivity contribution in [3.63, 3.8) is 0 Å². The number of aliphatic hydroxyl groups is 1. The van der Waals surface area contributed by atoms with Crippen molar-refractivity contribution in [2.75, 3.05) is 6.61 Å². The number of hydrogen-bond donors (Lipinski definition) is 1. The van der Waals surface area contributed by atoms with Gasteiger partial charge in [-0.1, -0.05) is 31.5 Å². The van der Waals surface area contributed by atoms with Gasteiger partial charge in [0, 0.05) is 12.0 Å². The highest BCUT2D eigenvalue weighted by molar-refractivity contribution is 5.47. The van der Waals surface area contributed by atoms with Crippen LogP contribution in [0.5, 0.6) is 5.75 Å². The van der Waals surface area contributed by atoms with Gasteiger partial charge in [-0.15, -0.1) is 0 Å². The van der Waals surface area contributed by atoms with E-state index in [1.807, 2.05) is 0 Å². The maximum Gasteiger partial charge on any atom is 0.128 e. The quantitative estimate of drug-likeness (QED) is 0.849. The molecule has 0 radical (unpaired) electrons. The Bertz CT molecular complexity index is 427. The van der Waals surface area contributed by atoms with Gasteiger partial charge in [-0.2, -0.15) is 0 Å². The van der Waals surface area contributed by atoms with Crippen LogP contribution in [-0.2, 0) is 12.0 Å². The van der Waals surface area contributed by atoms with E-state index in [9.17, 15) is 5.11 Å². The third-order valence-electron chi connectivity index (χ3n) is 4.46. The summed E-state index contributed by atoms with van der Waals surface area (Å²) in [5.74, 6) is 1.36. The fourth-order valence-electron chi connectivity index (χ4n) is 3.51. The number of para-hydroxylation sites is 1. The van der Waals surface area contributed by atoms with Gasteiger partial charge in [0.25, 0.3) is 0 Å². The maximum atomic E-state index is 11.0. The molecule has 1 aliphatic heterocycles. The first-order valence-electron chi connectivity index (χ1n) is 6.73. The lowest BCUT2D eigenvalue weighted by Crippen LogP contribution is -2.30. The fourth-order valence-corrected chi connectivity index (χ4v) is 3.51. The van der Waals surface area contributed by atoms with Crippen LogP contribution in [0.3, 0.4) is 0 Å². The summed E-state index contributed by atoms with van der Waals surface area (Å²) in [6, 6.07) is 6.23. The Morgan fingerprint density at radius 3 is 3.18 bits per heavy atom. The average molecular weight is 232 g/mol. The van der Waals surface area contributed by atoms with Gasteiger partial charge in [-0.05, 0) is 30.7 Å². The Kier molecular flexibility index (Phi) is 2.62. The molecule has 1 heterocycles. The molecule has 0 aromatic heterocycles. The van der Waals surface area contributed by atoms with E-state index in [2.05, 4.69) is 25.1 Å². The van der Waals surface area contributed by atoms with E-state index >= 15 is 0 Å². The van der Waals surface area contributed by atoms with E-state index in [1.165, 1.54) is 5.56 Å². The van der Waals surface area contributed by atoms with Crippen molar-refractivity contribution in [3.8, 4) is 5.75 Å². The predicted octanol–water partition coefficient (Wildman–Crippen LogP) is 3.02. The molecule has 0 bridgehead atoms. The van der Waals surface area contributed by atoms with Crippen LogP contribution in [0.1, 0.15) is 43.7 Å². The Morgan fingerprint density at radius 2 is 2.35 bits per heavy atom. The van der Waals surface area contributed by atoms with E-state index in [4.69, 9.17) is 4.74 Å². The summed E-state index contributed by atoms with van der Waals surface area (Å²) in [4.78, 5) is 0. The highest BCUT2D eigenvalue weighted by atomic mass is 16.5. The second-order valence-electron chi connectivity index (χ2n) is 5.31. The number of fused-ring (bicyclic) bond motifs is 1. The molecule has 1 saturated carbocycles. The molecule has 1 N–H and O–H groups in total. The zero-order valence-electron chi connectivity index (χ0n) is 10.4. The highest BCUT2D eigenvalue weighted by Gasteiger charge is 2.44. The van der Waals surface area contributed by atoms with Crippen molar-refractivity contribution in [2.24, 2.45) is 5.92 Å². The van der Waals surface area contributed by atoms with E-state index < -0.39 is 5.60 Å². The average Bonchev–Trinajstić information content (AvgIpc) is 2.94. The van der Waals surface area contributed by atoms with Crippen molar-refractivity contribution in [2.45, 2.75) is 44.6 Å². The first kappa shape index (κ1) is 11.1. The van der Waals surface area contributed by atoms with Gasteiger partial charge in [-0.3, -0.25) is 0 Å². The van der Waals surface area contributed by atoms with Crippen LogP contribution in [0.15, 0.2) is 18.2 Å². The van der Waals surface area contributed by atoms with Crippen LogP contribution in [0.25, 0.3) is 0 Å². The van der Waals surface area contributed by atoms with Crippen LogP contribution in [-0.4, -0.2) is 11.7 Å². The molecule has 2 nitrogen and oxygen atoms in total. The van der Waals surface area contributed by atoms with Crippen LogP contribution < -0.4 is 4.74 Å². The molecular weight excluding hydrogens is 212 g/mol. The van der Waals surface area contributed by atoms with Crippen molar-refractivity contribution in [1.29, 1.82) is 0 Å². The summed E-state index contributed by atoms with van der Waals surface area (Å²) < 4.78 is 5.74. The summed E-state index contributed by atoms with van der Waals surface area (Å²) in [6.45, 7) is 2.93. The second kappa shape index (κ2) is 4.02. The molecule has 1 aliphatic carbocycles. The minimum Gasteiger partial charge on any atom is -0.493 e. The molecule has 2 atom stereocenters. The number of benzene rings is 1. The third-order valence-corrected chi connectivity index (χ3v) is 4.46. The number of ether oxygens (including phenoxy) is 1. The standard InChI is InChI=1S/C15H20O2/c1-2-12-6-4-9-15(12,16)13-7-3-5-11-8-10-17-14(11)13/h3,5,7,12,16H,2,4,6,8-10H2,1H3. The predicted molar refractivity (Wildman–Crippen MR) is 67.2 cm³/mol. The summed E-state index contributed by atoms with van der Waals surface area (Å²) in [7, 11) is 0. The molecule has 2 heteroatoms. The molecule has 0 saturated heterocycles. The van der Waals surface area contributed by atoms with E-state index in [-0.39, 0.29) is 0 Å². The maximum absolute atomic E-state index is 11.0. The monoisotopic (exact) mass is 232 g/mol. The zero-order chi connectivity index (χ0) is 11.9. The Labute approximate surface area is 103 Å². The van der Waals surface area contributed by atoms with E-state index in [0.29, 0.717) is 5.92 Å². The molecule has 0 spiro atoms. The van der Waals surface area contributed by atoms with E-state index in [0.717, 1.165) is 50.0 Å². The van der Waals surface area contributed by atoms with Crippen LogP contribution in [0.2, 0.25) is 0 Å². The normalized spacial score (nSPS) is 31.3. The van der Waals surface area contributed by atoms with Gasteiger partial charge in [0.15, 0.2) is 0 Å². The number of rotatable bonds is 2. The minimum atomic E-state index is -0.648. The molecule has 92 valence electrons. The van der Waals surface area contributed by atoms with Gasteiger partial charge >= 0.3 is 0 Å². The lowest BCUT2D eigenvalue weighted by Gasteiger charge is -2.31. The lowest BCUT2D eigenvalue weighted by atomic mass is 9.81. The smallest absolute Gasteiger partial charge is 0.128 e.